The van der Waals surface area contributed by atoms with Crippen LogP contribution in [-0.2, 0) is 16.9 Å². The fourth-order valence-corrected chi connectivity index (χ4v) is 5.34. The Morgan fingerprint density at radius 3 is 2.55 bits per heavy atom. The van der Waals surface area contributed by atoms with Crippen molar-refractivity contribution in [2.45, 2.75) is 31.0 Å². The van der Waals surface area contributed by atoms with Crippen molar-refractivity contribution in [2.75, 3.05) is 57.4 Å². The fourth-order valence-electron chi connectivity index (χ4n) is 4.41. The SMILES string of the molecule is OC1(c2csc(CN3CCN(c4ccccn4)CC3)n2)CCN(C2COC2)CC1. The molecule has 3 aliphatic rings. The third-order valence-corrected chi connectivity index (χ3v) is 7.33. The summed E-state index contributed by atoms with van der Waals surface area (Å²) in [6.45, 7) is 8.38. The van der Waals surface area contributed by atoms with Gasteiger partial charge in [0.05, 0.1) is 31.5 Å². The van der Waals surface area contributed by atoms with Crippen LogP contribution in [0, 0.1) is 0 Å². The first-order valence-electron chi connectivity index (χ1n) is 10.6. The lowest BCUT2D eigenvalue weighted by molar-refractivity contribution is -0.102. The molecule has 0 amide bonds. The smallest absolute Gasteiger partial charge is 0.128 e. The molecule has 156 valence electrons. The second-order valence-corrected chi connectivity index (χ2v) is 9.28. The molecule has 3 fully saturated rings. The fraction of sp³-hybridized carbons (Fsp3) is 0.619. The van der Waals surface area contributed by atoms with E-state index in [-0.39, 0.29) is 0 Å². The molecule has 29 heavy (non-hydrogen) atoms. The molecule has 0 aliphatic carbocycles. The van der Waals surface area contributed by atoms with Crippen molar-refractivity contribution in [1.29, 1.82) is 0 Å². The topological polar surface area (TPSA) is 65.0 Å². The van der Waals surface area contributed by atoms with Gasteiger partial charge in [-0.05, 0) is 25.0 Å². The van der Waals surface area contributed by atoms with Crippen molar-refractivity contribution in [1.82, 2.24) is 19.8 Å². The monoisotopic (exact) mass is 415 g/mol. The second-order valence-electron chi connectivity index (χ2n) is 8.34. The van der Waals surface area contributed by atoms with Gasteiger partial charge in [-0.25, -0.2) is 9.97 Å². The average Bonchev–Trinajstić information content (AvgIpc) is 3.19. The van der Waals surface area contributed by atoms with Gasteiger partial charge in [0.25, 0.3) is 0 Å². The minimum Gasteiger partial charge on any atom is -0.383 e. The average molecular weight is 416 g/mol. The van der Waals surface area contributed by atoms with E-state index in [1.165, 1.54) is 0 Å². The first kappa shape index (κ1) is 19.4. The van der Waals surface area contributed by atoms with E-state index in [4.69, 9.17) is 9.72 Å². The number of piperidine rings is 1. The van der Waals surface area contributed by atoms with E-state index in [1.54, 1.807) is 11.3 Å². The highest BCUT2D eigenvalue weighted by molar-refractivity contribution is 7.09. The minimum absolute atomic E-state index is 0.551. The molecular weight excluding hydrogens is 386 g/mol. The number of likely N-dealkylation sites (tertiary alicyclic amines) is 1. The number of anilines is 1. The maximum absolute atomic E-state index is 11.2. The summed E-state index contributed by atoms with van der Waals surface area (Å²) in [4.78, 5) is 16.5. The van der Waals surface area contributed by atoms with Gasteiger partial charge in [-0.1, -0.05) is 6.07 Å². The van der Waals surface area contributed by atoms with Crippen LogP contribution in [-0.4, -0.2) is 83.4 Å². The Bertz CT molecular complexity index is 796. The second kappa shape index (κ2) is 8.28. The van der Waals surface area contributed by atoms with Gasteiger partial charge in [0.15, 0.2) is 0 Å². The Morgan fingerprint density at radius 1 is 1.10 bits per heavy atom. The van der Waals surface area contributed by atoms with Crippen LogP contribution in [0.4, 0.5) is 5.82 Å². The van der Waals surface area contributed by atoms with E-state index in [0.717, 1.165) is 88.4 Å². The highest BCUT2D eigenvalue weighted by atomic mass is 32.1. The zero-order chi connectivity index (χ0) is 19.7. The van der Waals surface area contributed by atoms with Crippen molar-refractivity contribution in [3.05, 3.63) is 40.5 Å². The van der Waals surface area contributed by atoms with Gasteiger partial charge in [-0.2, -0.15) is 0 Å². The Hall–Kier alpha value is -1.58. The number of nitrogens with zero attached hydrogens (tertiary/aromatic N) is 5. The standard InChI is InChI=1S/C21H29N5O2S/c27-21(4-7-25(8-5-21)17-14-28-15-17)18-16-29-20(23-18)13-24-9-11-26(12-10-24)19-3-1-2-6-22-19/h1-3,6,16-17,27H,4-5,7-15H2. The molecule has 3 aliphatic heterocycles. The normalized spacial score (nSPS) is 23.8. The molecule has 0 unspecified atom stereocenters. The van der Waals surface area contributed by atoms with Crippen LogP contribution in [0.5, 0.6) is 0 Å². The van der Waals surface area contributed by atoms with Crippen molar-refractivity contribution >= 4 is 17.2 Å². The zero-order valence-corrected chi connectivity index (χ0v) is 17.6. The van der Waals surface area contributed by atoms with Gasteiger partial charge >= 0.3 is 0 Å². The molecule has 2 aromatic rings. The molecular formula is C21H29N5O2S. The summed E-state index contributed by atoms with van der Waals surface area (Å²) < 4.78 is 5.31. The van der Waals surface area contributed by atoms with Gasteiger partial charge in [0, 0.05) is 50.8 Å². The van der Waals surface area contributed by atoms with Crippen molar-refractivity contribution in [2.24, 2.45) is 0 Å². The number of hydrogen-bond acceptors (Lipinski definition) is 8. The summed E-state index contributed by atoms with van der Waals surface area (Å²) in [5.41, 5.74) is 0.0993. The maximum atomic E-state index is 11.2. The van der Waals surface area contributed by atoms with Crippen LogP contribution < -0.4 is 4.90 Å². The molecule has 0 atom stereocenters. The van der Waals surface area contributed by atoms with Crippen molar-refractivity contribution in [3.63, 3.8) is 0 Å². The predicted octanol–water partition coefficient (Wildman–Crippen LogP) is 1.54. The first-order valence-corrected chi connectivity index (χ1v) is 11.4. The zero-order valence-electron chi connectivity index (χ0n) is 16.7. The van der Waals surface area contributed by atoms with Gasteiger partial charge in [-0.15, -0.1) is 11.3 Å². The number of thiazole rings is 1. The molecule has 3 saturated heterocycles. The van der Waals surface area contributed by atoms with Crippen LogP contribution in [0.25, 0.3) is 0 Å². The molecule has 2 aromatic heterocycles. The Balaban J connectivity index is 1.14. The van der Waals surface area contributed by atoms with Crippen LogP contribution in [0.1, 0.15) is 23.5 Å². The summed E-state index contributed by atoms with van der Waals surface area (Å²) >= 11 is 1.68. The van der Waals surface area contributed by atoms with Gasteiger partial charge in [0.1, 0.15) is 16.4 Å². The van der Waals surface area contributed by atoms with Gasteiger partial charge in [0.2, 0.25) is 0 Å². The summed E-state index contributed by atoms with van der Waals surface area (Å²) in [6, 6.07) is 6.63. The van der Waals surface area contributed by atoms with E-state index in [2.05, 4.69) is 31.1 Å². The van der Waals surface area contributed by atoms with E-state index < -0.39 is 5.60 Å². The summed E-state index contributed by atoms with van der Waals surface area (Å²) in [5, 5.41) is 14.3. The van der Waals surface area contributed by atoms with Crippen molar-refractivity contribution in [3.8, 4) is 0 Å². The molecule has 0 aromatic carbocycles. The Labute approximate surface area is 175 Å². The highest BCUT2D eigenvalue weighted by Gasteiger charge is 2.39. The lowest BCUT2D eigenvalue weighted by Gasteiger charge is -2.43. The molecule has 8 heteroatoms. The molecule has 1 N–H and O–H groups in total. The highest BCUT2D eigenvalue weighted by Crippen LogP contribution is 2.35. The lowest BCUT2D eigenvalue weighted by atomic mass is 9.88. The molecule has 0 radical (unpaired) electrons. The summed E-state index contributed by atoms with van der Waals surface area (Å²) in [6.07, 6.45) is 3.37. The van der Waals surface area contributed by atoms with Crippen LogP contribution in [0.3, 0.4) is 0 Å². The predicted molar refractivity (Wildman–Crippen MR) is 113 cm³/mol. The number of rotatable bonds is 5. The van der Waals surface area contributed by atoms with E-state index in [0.29, 0.717) is 6.04 Å². The first-order chi connectivity index (χ1) is 14.2. The third kappa shape index (κ3) is 4.18. The van der Waals surface area contributed by atoms with Crippen LogP contribution in [0.15, 0.2) is 29.8 Å². The van der Waals surface area contributed by atoms with Gasteiger partial charge < -0.3 is 14.7 Å². The molecule has 0 bridgehead atoms. The third-order valence-electron chi connectivity index (χ3n) is 6.50. The van der Waals surface area contributed by atoms with Crippen molar-refractivity contribution < 1.29 is 9.84 Å². The summed E-state index contributed by atoms with van der Waals surface area (Å²) in [7, 11) is 0. The maximum Gasteiger partial charge on any atom is 0.128 e. The number of pyridine rings is 1. The molecule has 7 nitrogen and oxygen atoms in total. The molecule has 5 heterocycles. The van der Waals surface area contributed by atoms with Crippen LogP contribution in [0.2, 0.25) is 0 Å². The number of hydrogen-bond donors (Lipinski definition) is 1. The largest absolute Gasteiger partial charge is 0.383 e. The Kier molecular flexibility index (Phi) is 5.53. The Morgan fingerprint density at radius 2 is 1.90 bits per heavy atom. The van der Waals surface area contributed by atoms with E-state index >= 15 is 0 Å². The number of aliphatic hydroxyl groups is 1. The quantitative estimate of drug-likeness (QED) is 0.795. The van der Waals surface area contributed by atoms with Crippen LogP contribution >= 0.6 is 11.3 Å². The lowest BCUT2D eigenvalue weighted by Crippen LogP contribution is -2.54. The number of ether oxygens (including phenoxy) is 1. The summed E-state index contributed by atoms with van der Waals surface area (Å²) in [5.74, 6) is 1.06. The minimum atomic E-state index is -0.770. The number of aromatic nitrogens is 2. The molecule has 0 spiro atoms. The number of piperazine rings is 1. The van der Waals surface area contributed by atoms with Gasteiger partial charge in [-0.3, -0.25) is 9.80 Å². The molecule has 0 saturated carbocycles. The van der Waals surface area contributed by atoms with E-state index in [9.17, 15) is 5.11 Å². The molecule has 5 rings (SSSR count). The van der Waals surface area contributed by atoms with E-state index in [1.807, 2.05) is 18.3 Å².